The Hall–Kier alpha value is -0.870. The Morgan fingerprint density at radius 1 is 1.23 bits per heavy atom. The van der Waals surface area contributed by atoms with E-state index in [4.69, 9.17) is 0 Å². The monoisotopic (exact) mass is 323 g/mol. The molecule has 1 aliphatic carbocycles. The zero-order valence-corrected chi connectivity index (χ0v) is 14.4. The lowest BCUT2D eigenvalue weighted by Gasteiger charge is -2.17. The van der Waals surface area contributed by atoms with Gasteiger partial charge in [-0.1, -0.05) is 51.7 Å². The molecule has 1 fully saturated rings. The molecule has 3 atom stereocenters. The van der Waals surface area contributed by atoms with Crippen LogP contribution in [0.5, 0.6) is 0 Å². The van der Waals surface area contributed by atoms with Crippen molar-refractivity contribution in [3.63, 3.8) is 0 Å². The maximum atomic E-state index is 11.0. The first kappa shape index (κ1) is 17.5. The molecule has 0 radical (unpaired) electrons. The molecule has 0 heterocycles. The van der Waals surface area contributed by atoms with Gasteiger partial charge in [-0.3, -0.25) is 0 Å². The highest BCUT2D eigenvalue weighted by molar-refractivity contribution is 7.85. The van der Waals surface area contributed by atoms with Crippen LogP contribution in [-0.4, -0.2) is 13.0 Å². The van der Waals surface area contributed by atoms with E-state index in [1.54, 1.807) is 12.1 Å². The molecule has 1 aliphatic rings. The molecule has 3 unspecified atom stereocenters. The fourth-order valence-electron chi connectivity index (χ4n) is 3.75. The predicted octanol–water partition coefficient (Wildman–Crippen LogP) is 4.69. The van der Waals surface area contributed by atoms with Gasteiger partial charge in [-0.2, -0.15) is 0 Å². The van der Waals surface area contributed by atoms with Crippen LogP contribution in [0.15, 0.2) is 29.2 Å². The lowest BCUT2D eigenvalue weighted by atomic mass is 9.89. The zero-order chi connectivity index (χ0) is 16.2. The zero-order valence-electron chi connectivity index (χ0n) is 13.6. The molecular formula is C18H27O3S-. The van der Waals surface area contributed by atoms with E-state index in [0.717, 1.165) is 30.2 Å². The summed E-state index contributed by atoms with van der Waals surface area (Å²) >= 11 is 0. The van der Waals surface area contributed by atoms with Crippen molar-refractivity contribution in [3.05, 3.63) is 29.8 Å². The molecule has 0 saturated heterocycles. The number of benzene rings is 1. The second kappa shape index (κ2) is 7.60. The van der Waals surface area contributed by atoms with Crippen LogP contribution in [0.1, 0.15) is 70.3 Å². The molecule has 1 aromatic carbocycles. The van der Waals surface area contributed by atoms with E-state index in [9.17, 15) is 13.0 Å². The van der Waals surface area contributed by atoms with Gasteiger partial charge in [0.2, 0.25) is 0 Å². The predicted molar refractivity (Wildman–Crippen MR) is 87.8 cm³/mol. The molecule has 124 valence electrons. The molecule has 0 bridgehead atoms. The average molecular weight is 323 g/mol. The molecule has 1 aromatic rings. The van der Waals surface area contributed by atoms with Crippen molar-refractivity contribution in [3.8, 4) is 0 Å². The third-order valence-corrected chi connectivity index (χ3v) is 5.95. The Kier molecular flexibility index (Phi) is 6.04. The first-order valence-corrected chi connectivity index (χ1v) is 9.86. The van der Waals surface area contributed by atoms with Gasteiger partial charge >= 0.3 is 0 Å². The van der Waals surface area contributed by atoms with Crippen LogP contribution in [0.25, 0.3) is 0 Å². The first-order chi connectivity index (χ1) is 10.4. The topological polar surface area (TPSA) is 57.2 Å². The third kappa shape index (κ3) is 4.82. The lowest BCUT2D eigenvalue weighted by molar-refractivity contribution is 0.437. The summed E-state index contributed by atoms with van der Waals surface area (Å²) in [5.74, 6) is 2.26. The lowest BCUT2D eigenvalue weighted by Crippen LogP contribution is -2.02. The van der Waals surface area contributed by atoms with Gasteiger partial charge in [0.1, 0.15) is 10.1 Å². The summed E-state index contributed by atoms with van der Waals surface area (Å²) < 4.78 is 32.9. The summed E-state index contributed by atoms with van der Waals surface area (Å²) in [5, 5.41) is 0. The molecule has 3 nitrogen and oxygen atoms in total. The molecule has 0 amide bonds. The highest BCUT2D eigenvalue weighted by atomic mass is 32.2. The van der Waals surface area contributed by atoms with Crippen molar-refractivity contribution in [2.45, 2.75) is 69.6 Å². The second-order valence-electron chi connectivity index (χ2n) is 6.84. The van der Waals surface area contributed by atoms with E-state index in [1.165, 1.54) is 44.2 Å². The van der Waals surface area contributed by atoms with Gasteiger partial charge in [0, 0.05) is 0 Å². The van der Waals surface area contributed by atoms with Gasteiger partial charge in [-0.05, 0) is 54.7 Å². The molecule has 2 rings (SSSR count). The molecular weight excluding hydrogens is 296 g/mol. The molecule has 0 aliphatic heterocycles. The normalized spacial score (nSPS) is 23.6. The van der Waals surface area contributed by atoms with Crippen LogP contribution >= 0.6 is 0 Å². The standard InChI is InChI=1S/C18H28O3S/c1-3-16(6-4-5-15-8-7-14(2)13-15)17-9-11-18(12-10-17)22(19,20)21/h9-12,14-16H,3-8,13H2,1-2H3,(H,19,20,21)/p-1. The second-order valence-corrected chi connectivity index (χ2v) is 8.22. The smallest absolute Gasteiger partial charge is 0.124 e. The maximum absolute atomic E-state index is 11.0. The Morgan fingerprint density at radius 2 is 1.91 bits per heavy atom. The minimum absolute atomic E-state index is 0.133. The van der Waals surface area contributed by atoms with E-state index < -0.39 is 10.1 Å². The molecule has 0 N–H and O–H groups in total. The third-order valence-electron chi connectivity index (χ3n) is 5.10. The Labute approximate surface area is 134 Å². The minimum Gasteiger partial charge on any atom is -0.744 e. The SMILES string of the molecule is CCC(CCCC1CCC(C)C1)c1ccc(S(=O)(=O)[O-])cc1. The van der Waals surface area contributed by atoms with E-state index in [0.29, 0.717) is 5.92 Å². The van der Waals surface area contributed by atoms with Gasteiger partial charge in [0.15, 0.2) is 0 Å². The highest BCUT2D eigenvalue weighted by Gasteiger charge is 2.21. The average Bonchev–Trinajstić information content (AvgIpc) is 2.88. The molecule has 22 heavy (non-hydrogen) atoms. The summed E-state index contributed by atoms with van der Waals surface area (Å²) in [6.45, 7) is 4.51. The Bertz CT molecular complexity index is 562. The fraction of sp³-hybridized carbons (Fsp3) is 0.667. The maximum Gasteiger partial charge on any atom is 0.124 e. The minimum atomic E-state index is -4.34. The molecule has 0 aromatic heterocycles. The quantitative estimate of drug-likeness (QED) is 0.684. The van der Waals surface area contributed by atoms with Crippen LogP contribution in [0.2, 0.25) is 0 Å². The van der Waals surface area contributed by atoms with Crippen molar-refractivity contribution in [1.29, 1.82) is 0 Å². The van der Waals surface area contributed by atoms with Gasteiger partial charge < -0.3 is 4.55 Å². The van der Waals surface area contributed by atoms with Crippen LogP contribution in [0.3, 0.4) is 0 Å². The van der Waals surface area contributed by atoms with Gasteiger partial charge in [-0.25, -0.2) is 8.42 Å². The fourth-order valence-corrected chi connectivity index (χ4v) is 4.22. The van der Waals surface area contributed by atoms with Crippen molar-refractivity contribution in [2.75, 3.05) is 0 Å². The number of hydrogen-bond donors (Lipinski definition) is 0. The number of hydrogen-bond acceptors (Lipinski definition) is 3. The van der Waals surface area contributed by atoms with Crippen molar-refractivity contribution in [1.82, 2.24) is 0 Å². The van der Waals surface area contributed by atoms with E-state index >= 15 is 0 Å². The van der Waals surface area contributed by atoms with Crippen molar-refractivity contribution >= 4 is 10.1 Å². The van der Waals surface area contributed by atoms with Gasteiger partial charge in [-0.15, -0.1) is 0 Å². The van der Waals surface area contributed by atoms with Crippen LogP contribution in [0.4, 0.5) is 0 Å². The highest BCUT2D eigenvalue weighted by Crippen LogP contribution is 2.35. The number of rotatable bonds is 7. The summed E-state index contributed by atoms with van der Waals surface area (Å²) in [6.07, 6.45) is 8.88. The summed E-state index contributed by atoms with van der Waals surface area (Å²) in [5.41, 5.74) is 1.15. The molecule has 4 heteroatoms. The Balaban J connectivity index is 1.88. The van der Waals surface area contributed by atoms with E-state index in [2.05, 4.69) is 13.8 Å². The largest absolute Gasteiger partial charge is 0.744 e. The van der Waals surface area contributed by atoms with Crippen LogP contribution in [-0.2, 0) is 10.1 Å². The van der Waals surface area contributed by atoms with Gasteiger partial charge in [0.25, 0.3) is 0 Å². The van der Waals surface area contributed by atoms with E-state index in [1.807, 2.05) is 0 Å². The van der Waals surface area contributed by atoms with Gasteiger partial charge in [0.05, 0.1) is 4.90 Å². The van der Waals surface area contributed by atoms with Crippen molar-refractivity contribution < 1.29 is 13.0 Å². The van der Waals surface area contributed by atoms with E-state index in [-0.39, 0.29) is 4.90 Å². The van der Waals surface area contributed by atoms with Crippen molar-refractivity contribution in [2.24, 2.45) is 11.8 Å². The molecule has 0 spiro atoms. The Morgan fingerprint density at radius 3 is 2.41 bits per heavy atom. The molecule has 1 saturated carbocycles. The van der Waals surface area contributed by atoms with Crippen LogP contribution < -0.4 is 0 Å². The summed E-state index contributed by atoms with van der Waals surface area (Å²) in [7, 11) is -4.34. The first-order valence-electron chi connectivity index (χ1n) is 8.46. The summed E-state index contributed by atoms with van der Waals surface area (Å²) in [4.78, 5) is -0.133. The van der Waals surface area contributed by atoms with Crippen LogP contribution in [0, 0.1) is 11.8 Å². The summed E-state index contributed by atoms with van der Waals surface area (Å²) in [6, 6.07) is 6.49.